The highest BCUT2D eigenvalue weighted by molar-refractivity contribution is 6.60. The molecule has 2 aromatic rings. The second-order valence-corrected chi connectivity index (χ2v) is 13.0. The largest absolute Gasteiger partial charge is 0.394 e. The smallest absolute Gasteiger partial charge is 0.321 e. The Kier molecular flexibility index (Phi) is 10.1. The van der Waals surface area contributed by atoms with E-state index in [1.807, 2.05) is 30.3 Å². The van der Waals surface area contributed by atoms with Crippen LogP contribution in [0.15, 0.2) is 48.5 Å². The quantitative estimate of drug-likeness (QED) is 0.426. The van der Waals surface area contributed by atoms with Gasteiger partial charge in [0.05, 0.1) is 36.4 Å². The highest BCUT2D eigenvalue weighted by atomic mass is 28.3. The van der Waals surface area contributed by atoms with Crippen LogP contribution in [-0.4, -0.2) is 37.6 Å². The molecule has 2 aromatic carbocycles. The van der Waals surface area contributed by atoms with Gasteiger partial charge in [0.1, 0.15) is 5.82 Å². The Bertz CT molecular complexity index is 854. The number of hydrogen-bond acceptors (Lipinski definition) is 3. The summed E-state index contributed by atoms with van der Waals surface area (Å²) in [5.74, 6) is -0.425. The van der Waals surface area contributed by atoms with Gasteiger partial charge in [-0.2, -0.15) is 0 Å². The van der Waals surface area contributed by atoms with Gasteiger partial charge in [0.2, 0.25) is 5.91 Å². The van der Waals surface area contributed by atoms with Crippen molar-refractivity contribution in [2.24, 2.45) is 0 Å². The highest BCUT2D eigenvalue weighted by Gasteiger charge is 2.37. The van der Waals surface area contributed by atoms with Crippen LogP contribution < -0.4 is 5.32 Å². The Hall–Kier alpha value is -2.02. The van der Waals surface area contributed by atoms with Gasteiger partial charge in [0.25, 0.3) is 0 Å². The lowest BCUT2D eigenvalue weighted by Gasteiger charge is -2.19. The maximum Gasteiger partial charge on any atom is 0.321 e. The van der Waals surface area contributed by atoms with Crippen LogP contribution in [0.1, 0.15) is 62.8 Å². The van der Waals surface area contributed by atoms with Gasteiger partial charge in [-0.15, -0.1) is 0 Å². The fourth-order valence-corrected chi connectivity index (χ4v) is 4.98. The van der Waals surface area contributed by atoms with Crippen molar-refractivity contribution in [1.29, 1.82) is 0 Å². The number of amides is 1. The van der Waals surface area contributed by atoms with Gasteiger partial charge in [-0.1, -0.05) is 36.4 Å². The van der Waals surface area contributed by atoms with Crippen LogP contribution in [0.4, 0.5) is 4.39 Å². The normalized spacial score (nSPS) is 13.5. The maximum atomic E-state index is 13.9. The molecule has 0 radical (unpaired) electrons. The summed E-state index contributed by atoms with van der Waals surface area (Å²) in [5.41, 5.74) is 2.69. The molecule has 0 aliphatic carbocycles. The summed E-state index contributed by atoms with van der Waals surface area (Å²) in [4.78, 5) is 12.3. The van der Waals surface area contributed by atoms with Gasteiger partial charge < -0.3 is 15.5 Å². The minimum atomic E-state index is -0.770. The molecule has 2 rings (SSSR count). The number of carbonyl (C=O) groups excluding carboxylic acids is 1. The van der Waals surface area contributed by atoms with Crippen molar-refractivity contribution in [1.82, 2.24) is 5.32 Å². The Balaban J connectivity index is 1.89. The lowest BCUT2D eigenvalue weighted by molar-refractivity contribution is -0.122. The van der Waals surface area contributed by atoms with Crippen LogP contribution in [0.5, 0.6) is 0 Å². The van der Waals surface area contributed by atoms with E-state index in [1.54, 1.807) is 12.1 Å². The van der Waals surface area contributed by atoms with E-state index in [4.69, 9.17) is 0 Å². The lowest BCUT2D eigenvalue weighted by atomic mass is 9.99. The summed E-state index contributed by atoms with van der Waals surface area (Å²) in [5, 5.41) is 23.4. The molecule has 3 N–H and O–H groups in total. The molecule has 0 aliphatic heterocycles. The van der Waals surface area contributed by atoms with Crippen LogP contribution in [0, 0.1) is 5.82 Å². The van der Waals surface area contributed by atoms with Crippen LogP contribution in [0.2, 0.25) is 11.6 Å². The minimum absolute atomic E-state index is 0.128. The first kappa shape index (κ1) is 26.2. The summed E-state index contributed by atoms with van der Waals surface area (Å²) >= 11 is 0. The first-order valence-corrected chi connectivity index (χ1v) is 13.5. The molecule has 0 heterocycles. The molecular formula is C26H37FNO3Si+. The van der Waals surface area contributed by atoms with E-state index in [2.05, 4.69) is 32.6 Å². The van der Waals surface area contributed by atoms with Gasteiger partial charge in [-0.25, -0.2) is 4.39 Å². The minimum Gasteiger partial charge on any atom is -0.394 e. The SMILES string of the molecule is C[Si+](Cc1cc(F)ccc1[C@@H](O)CCCC(=O)N[C@H](CO)Cc1ccccc1)C(C)(C)C. The standard InChI is InChI=1S/C26H36FNO3Si/c1-26(2,3)32(4)18-20-16-21(27)13-14-23(20)24(30)11-8-12-25(31)28-22(17-29)15-19-9-6-5-7-10-19/h5-7,9-10,13-14,16,22,24,29-30H,8,11-12,15,17-18H2,1-4H3/p+1/t22-,24-/m0/s1. The van der Waals surface area contributed by atoms with Gasteiger partial charge in [0, 0.05) is 6.42 Å². The van der Waals surface area contributed by atoms with Crippen molar-refractivity contribution in [3.8, 4) is 0 Å². The molecule has 174 valence electrons. The van der Waals surface area contributed by atoms with E-state index in [0.717, 1.165) is 22.7 Å². The van der Waals surface area contributed by atoms with Crippen LogP contribution >= 0.6 is 0 Å². The molecule has 0 unspecified atom stereocenters. The van der Waals surface area contributed by atoms with Crippen molar-refractivity contribution < 1.29 is 19.4 Å². The number of carbonyl (C=O) groups is 1. The zero-order valence-corrected chi connectivity index (χ0v) is 20.7. The third-order valence-electron chi connectivity index (χ3n) is 5.99. The molecule has 0 fully saturated rings. The maximum absolute atomic E-state index is 13.9. The molecule has 0 aliphatic rings. The third kappa shape index (κ3) is 8.49. The van der Waals surface area contributed by atoms with Gasteiger partial charge in [-0.3, -0.25) is 4.79 Å². The zero-order chi connectivity index (χ0) is 23.7. The molecular weight excluding hydrogens is 421 g/mol. The van der Waals surface area contributed by atoms with Crippen LogP contribution in [0.3, 0.4) is 0 Å². The molecule has 0 spiro atoms. The summed E-state index contributed by atoms with van der Waals surface area (Å²) in [7, 11) is -0.770. The number of aliphatic hydroxyl groups is 2. The van der Waals surface area contributed by atoms with Crippen molar-refractivity contribution in [2.45, 2.75) is 76.2 Å². The first-order valence-electron chi connectivity index (χ1n) is 11.3. The molecule has 0 bridgehead atoms. The number of nitrogens with one attached hydrogen (secondary N) is 1. The zero-order valence-electron chi connectivity index (χ0n) is 19.7. The molecule has 32 heavy (non-hydrogen) atoms. The molecule has 0 aromatic heterocycles. The van der Waals surface area contributed by atoms with Crippen molar-refractivity contribution in [2.75, 3.05) is 6.61 Å². The average Bonchev–Trinajstić information content (AvgIpc) is 2.73. The Labute approximate surface area is 193 Å². The van der Waals surface area contributed by atoms with Crippen LogP contribution in [-0.2, 0) is 17.3 Å². The predicted octanol–water partition coefficient (Wildman–Crippen LogP) is 4.76. The molecule has 2 atom stereocenters. The second kappa shape index (κ2) is 12.3. The second-order valence-electron chi connectivity index (χ2n) is 9.60. The Morgan fingerprint density at radius 1 is 1.16 bits per heavy atom. The van der Waals surface area contributed by atoms with E-state index in [-0.39, 0.29) is 35.8 Å². The predicted molar refractivity (Wildman–Crippen MR) is 129 cm³/mol. The van der Waals surface area contributed by atoms with E-state index in [1.165, 1.54) is 6.07 Å². The monoisotopic (exact) mass is 458 g/mol. The fourth-order valence-electron chi connectivity index (χ4n) is 3.57. The summed E-state index contributed by atoms with van der Waals surface area (Å²) in [6, 6.07) is 14.8. The Morgan fingerprint density at radius 3 is 2.47 bits per heavy atom. The number of rotatable bonds is 11. The van der Waals surface area contributed by atoms with E-state index in [0.29, 0.717) is 19.3 Å². The van der Waals surface area contributed by atoms with Gasteiger partial charge >= 0.3 is 8.80 Å². The topological polar surface area (TPSA) is 69.6 Å². The number of aliphatic hydroxyl groups excluding tert-OH is 2. The number of halogens is 1. The van der Waals surface area contributed by atoms with Crippen LogP contribution in [0.25, 0.3) is 0 Å². The van der Waals surface area contributed by atoms with Gasteiger partial charge in [-0.05, 0) is 68.9 Å². The van der Waals surface area contributed by atoms with E-state index < -0.39 is 14.9 Å². The number of hydrogen-bond donors (Lipinski definition) is 3. The fraction of sp³-hybridized carbons (Fsp3) is 0.500. The highest BCUT2D eigenvalue weighted by Crippen LogP contribution is 2.31. The molecule has 0 saturated carbocycles. The molecule has 1 amide bonds. The summed E-state index contributed by atoms with van der Waals surface area (Å²) < 4.78 is 13.9. The van der Waals surface area contributed by atoms with E-state index >= 15 is 0 Å². The molecule has 0 saturated heterocycles. The van der Waals surface area contributed by atoms with Gasteiger partial charge in [0.15, 0.2) is 0 Å². The van der Waals surface area contributed by atoms with Crippen molar-refractivity contribution in [3.63, 3.8) is 0 Å². The lowest BCUT2D eigenvalue weighted by Crippen LogP contribution is -2.39. The summed E-state index contributed by atoms with van der Waals surface area (Å²) in [6.07, 6.45) is 1.04. The number of benzene rings is 2. The van der Waals surface area contributed by atoms with Crippen molar-refractivity contribution in [3.05, 3.63) is 71.0 Å². The molecule has 6 heteroatoms. The average molecular weight is 459 g/mol. The Morgan fingerprint density at radius 2 is 1.84 bits per heavy atom. The summed E-state index contributed by atoms with van der Waals surface area (Å²) in [6.45, 7) is 8.71. The van der Waals surface area contributed by atoms with E-state index in [9.17, 15) is 19.4 Å². The van der Waals surface area contributed by atoms with Crippen molar-refractivity contribution >= 4 is 14.7 Å². The molecule has 4 nitrogen and oxygen atoms in total. The first-order chi connectivity index (χ1) is 15.1. The third-order valence-corrected chi connectivity index (χ3v) is 9.46.